The van der Waals surface area contributed by atoms with Crippen LogP contribution in [-0.2, 0) is 0 Å². The van der Waals surface area contributed by atoms with E-state index in [1.165, 1.54) is 0 Å². The Morgan fingerprint density at radius 2 is 1.98 bits per heavy atom. The fraction of sp³-hybridized carbons (Fsp3) is 0.432. The van der Waals surface area contributed by atoms with Gasteiger partial charge in [-0.3, -0.25) is 4.99 Å². The Bertz CT molecular complexity index is 1640. The lowest BCUT2D eigenvalue weighted by molar-refractivity contribution is 0.479. The van der Waals surface area contributed by atoms with Crippen LogP contribution in [0.25, 0.3) is 11.9 Å². The molecule has 45 heavy (non-hydrogen) atoms. The first-order valence-corrected chi connectivity index (χ1v) is 16.2. The summed E-state index contributed by atoms with van der Waals surface area (Å²) in [5.41, 5.74) is 3.90. The molecule has 1 saturated heterocycles. The zero-order valence-corrected chi connectivity index (χ0v) is 28.3. The number of hydrogen-bond donors (Lipinski definition) is 1. The minimum absolute atomic E-state index is 0.349. The average Bonchev–Trinajstić information content (AvgIpc) is 3.52. The molecule has 0 amide bonds. The number of aryl methyl sites for hydroxylation is 2. The Morgan fingerprint density at radius 1 is 1.18 bits per heavy atom. The van der Waals surface area contributed by atoms with Gasteiger partial charge >= 0.3 is 0 Å². The molecule has 0 bridgehead atoms. The van der Waals surface area contributed by atoms with Gasteiger partial charge in [-0.1, -0.05) is 46.8 Å². The Morgan fingerprint density at radius 3 is 2.67 bits per heavy atom. The molecule has 2 unspecified atom stereocenters. The van der Waals surface area contributed by atoms with E-state index in [2.05, 4.69) is 66.1 Å². The lowest BCUT2D eigenvalue weighted by atomic mass is 10.1. The topological polar surface area (TPSA) is 98.8 Å². The SMILES string of the molecule is CC.C\C=N/C(Nc1ccc(Oc2ccc(C)c(N=CC(C)CC)c2)c(C)c1)=c1/nc(N2CCC(CC#N)C2)nc/c1=C\CC. The van der Waals surface area contributed by atoms with Crippen molar-refractivity contribution < 1.29 is 4.74 Å². The van der Waals surface area contributed by atoms with Crippen LogP contribution in [0.5, 0.6) is 11.5 Å². The zero-order chi connectivity index (χ0) is 32.8. The molecule has 2 atom stereocenters. The molecule has 0 radical (unpaired) electrons. The Labute approximate surface area is 269 Å². The fourth-order valence-corrected chi connectivity index (χ4v) is 4.89. The maximum Gasteiger partial charge on any atom is 0.226 e. The van der Waals surface area contributed by atoms with Crippen LogP contribution in [0.4, 0.5) is 17.3 Å². The number of anilines is 2. The van der Waals surface area contributed by atoms with E-state index in [0.29, 0.717) is 30.0 Å². The van der Waals surface area contributed by atoms with E-state index in [1.807, 2.05) is 70.4 Å². The van der Waals surface area contributed by atoms with E-state index < -0.39 is 0 Å². The summed E-state index contributed by atoms with van der Waals surface area (Å²) in [6.07, 6.45) is 11.2. The van der Waals surface area contributed by atoms with Crippen molar-refractivity contribution >= 4 is 41.6 Å². The van der Waals surface area contributed by atoms with Gasteiger partial charge in [-0.2, -0.15) is 5.26 Å². The molecule has 0 spiro atoms. The Kier molecular flexibility index (Phi) is 13.8. The van der Waals surface area contributed by atoms with Crippen LogP contribution in [0, 0.1) is 37.0 Å². The standard InChI is InChI=1S/C35H43N7O.C2H6/c1-7-10-28-22-39-35(42-18-16-27(23-42)15-17-36)41-33(28)34(37-9-3)40-29-12-14-32(26(6)19-29)43-30-13-11-25(5)31(20-30)38-21-24(4)8-2;1-2/h9-14,19-22,24,27,40H,7-8,15-16,18,23H2,1-6H3;1-2H3/b28-10+,34-33-,37-9-,38-21?;. The third-order valence-electron chi connectivity index (χ3n) is 7.62. The van der Waals surface area contributed by atoms with Gasteiger partial charge in [0.1, 0.15) is 16.8 Å². The van der Waals surface area contributed by atoms with Crippen LogP contribution in [-0.4, -0.2) is 35.5 Å². The summed E-state index contributed by atoms with van der Waals surface area (Å²) >= 11 is 0. The van der Waals surface area contributed by atoms with Crippen molar-refractivity contribution in [3.8, 4) is 17.6 Å². The maximum atomic E-state index is 9.13. The normalized spacial score (nSPS) is 16.4. The predicted octanol–water partition coefficient (Wildman–Crippen LogP) is 7.86. The van der Waals surface area contributed by atoms with Gasteiger partial charge in [0.15, 0.2) is 5.82 Å². The molecule has 1 aliphatic heterocycles. The molecular weight excluding hydrogens is 558 g/mol. The molecule has 1 fully saturated rings. The number of aromatic nitrogens is 2. The van der Waals surface area contributed by atoms with E-state index in [-0.39, 0.29) is 0 Å². The molecule has 0 aliphatic carbocycles. The molecule has 1 N–H and O–H groups in total. The van der Waals surface area contributed by atoms with Crippen LogP contribution < -0.4 is 25.5 Å². The van der Waals surface area contributed by atoms with Crippen LogP contribution in [0.3, 0.4) is 0 Å². The molecule has 1 aromatic heterocycles. The van der Waals surface area contributed by atoms with Crippen molar-refractivity contribution in [2.45, 2.75) is 81.1 Å². The monoisotopic (exact) mass is 607 g/mol. The maximum absolute atomic E-state index is 9.13. The highest BCUT2D eigenvalue weighted by Crippen LogP contribution is 2.31. The van der Waals surface area contributed by atoms with Crippen molar-refractivity contribution in [2.24, 2.45) is 21.8 Å². The van der Waals surface area contributed by atoms with Gasteiger partial charge in [-0.25, -0.2) is 15.0 Å². The van der Waals surface area contributed by atoms with Crippen molar-refractivity contribution in [1.82, 2.24) is 9.97 Å². The van der Waals surface area contributed by atoms with Crippen LogP contribution in [0.1, 0.15) is 78.4 Å². The largest absolute Gasteiger partial charge is 0.457 e. The predicted molar refractivity (Wildman–Crippen MR) is 189 cm³/mol. The molecule has 8 nitrogen and oxygen atoms in total. The molecule has 4 rings (SSSR count). The highest BCUT2D eigenvalue weighted by atomic mass is 16.5. The molecule has 0 saturated carbocycles. The highest BCUT2D eigenvalue weighted by Gasteiger charge is 2.24. The molecule has 2 heterocycles. The quantitative estimate of drug-likeness (QED) is 0.223. The van der Waals surface area contributed by atoms with E-state index in [0.717, 1.165) is 76.9 Å². The second-order valence-electron chi connectivity index (χ2n) is 11.1. The van der Waals surface area contributed by atoms with Crippen LogP contribution in [0.2, 0.25) is 0 Å². The summed E-state index contributed by atoms with van der Waals surface area (Å²) in [5.74, 6) is 3.62. The van der Waals surface area contributed by atoms with Gasteiger partial charge < -0.3 is 15.0 Å². The van der Waals surface area contributed by atoms with Gasteiger partial charge in [-0.05, 0) is 87.3 Å². The first-order valence-electron chi connectivity index (χ1n) is 16.2. The number of hydrogen-bond acceptors (Lipinski definition) is 8. The summed E-state index contributed by atoms with van der Waals surface area (Å²) < 4.78 is 6.29. The number of nitrogens with zero attached hydrogens (tertiary/aromatic N) is 6. The zero-order valence-electron chi connectivity index (χ0n) is 28.3. The third kappa shape index (κ3) is 9.74. The van der Waals surface area contributed by atoms with Gasteiger partial charge in [-0.15, -0.1) is 0 Å². The van der Waals surface area contributed by atoms with Gasteiger partial charge in [0, 0.05) is 55.1 Å². The highest BCUT2D eigenvalue weighted by molar-refractivity contribution is 5.72. The van der Waals surface area contributed by atoms with Crippen molar-refractivity contribution in [3.05, 3.63) is 64.3 Å². The van der Waals surface area contributed by atoms with Crippen LogP contribution in [0.15, 0.2) is 52.6 Å². The number of ether oxygens (including phenoxy) is 1. The van der Waals surface area contributed by atoms with Crippen LogP contribution >= 0.6 is 0 Å². The summed E-state index contributed by atoms with van der Waals surface area (Å²) in [6, 6.07) is 14.3. The van der Waals surface area contributed by atoms with Crippen molar-refractivity contribution in [1.29, 1.82) is 5.26 Å². The van der Waals surface area contributed by atoms with E-state index in [1.54, 1.807) is 6.21 Å². The van der Waals surface area contributed by atoms with Crippen molar-refractivity contribution in [2.75, 3.05) is 23.3 Å². The molecule has 238 valence electrons. The smallest absolute Gasteiger partial charge is 0.226 e. The third-order valence-corrected chi connectivity index (χ3v) is 7.62. The molecule has 1 aliphatic rings. The number of benzene rings is 2. The molecule has 3 aromatic rings. The Hall–Kier alpha value is -4.51. The van der Waals surface area contributed by atoms with E-state index in [4.69, 9.17) is 20.0 Å². The summed E-state index contributed by atoms with van der Waals surface area (Å²) in [6.45, 7) is 18.0. The first kappa shape index (κ1) is 35.0. The first-order chi connectivity index (χ1) is 21.8. The fourth-order valence-electron chi connectivity index (χ4n) is 4.89. The lowest BCUT2D eigenvalue weighted by Crippen LogP contribution is -2.36. The van der Waals surface area contributed by atoms with Crippen molar-refractivity contribution in [3.63, 3.8) is 0 Å². The number of aliphatic imine (C=N–C) groups is 2. The number of nitriles is 1. The summed E-state index contributed by atoms with van der Waals surface area (Å²) in [5, 5.41) is 14.3. The van der Waals surface area contributed by atoms with Gasteiger partial charge in [0.2, 0.25) is 5.95 Å². The second-order valence-corrected chi connectivity index (χ2v) is 11.1. The minimum atomic E-state index is 0.349. The van der Waals surface area contributed by atoms with Gasteiger partial charge in [0.05, 0.1) is 11.8 Å². The number of nitrogens with one attached hydrogen (secondary N) is 1. The molecule has 8 heteroatoms. The average molecular weight is 608 g/mol. The van der Waals surface area contributed by atoms with Gasteiger partial charge in [0.25, 0.3) is 0 Å². The minimum Gasteiger partial charge on any atom is -0.457 e. The van der Waals surface area contributed by atoms with E-state index >= 15 is 0 Å². The summed E-state index contributed by atoms with van der Waals surface area (Å²) in [4.78, 5) is 21.2. The lowest BCUT2D eigenvalue weighted by Gasteiger charge is -2.16. The van der Waals surface area contributed by atoms with E-state index in [9.17, 15) is 0 Å². The Balaban J connectivity index is 0.00000271. The molecule has 2 aromatic carbocycles. The summed E-state index contributed by atoms with van der Waals surface area (Å²) in [7, 11) is 0. The second kappa shape index (κ2) is 17.7. The molecular formula is C37H49N7O. The number of rotatable bonds is 11.